The number of carbonyl (C=O) groups is 1. The van der Waals surface area contributed by atoms with Crippen LogP contribution in [0, 0.1) is 2.88 Å². The monoisotopic (exact) mass is 339 g/mol. The predicted molar refractivity (Wildman–Crippen MR) is 65.5 cm³/mol. The Morgan fingerprint density at radius 3 is 3.33 bits per heavy atom. The lowest BCUT2D eigenvalue weighted by molar-refractivity contribution is 0.0439. The zero-order valence-electron chi connectivity index (χ0n) is 7.83. The quantitative estimate of drug-likeness (QED) is 0.813. The van der Waals surface area contributed by atoms with Gasteiger partial charge in [-0.25, -0.2) is 4.79 Å². The Labute approximate surface area is 105 Å². The number of rotatable bonds is 2. The van der Waals surface area contributed by atoms with Gasteiger partial charge in [-0.05, 0) is 34.2 Å². The van der Waals surface area contributed by atoms with Crippen LogP contribution >= 0.6 is 33.9 Å². The largest absolute Gasteiger partial charge is 0.465 e. The molecule has 1 amide bonds. The van der Waals surface area contributed by atoms with Crippen molar-refractivity contribution >= 4 is 40.0 Å². The van der Waals surface area contributed by atoms with Gasteiger partial charge in [-0.15, -0.1) is 11.3 Å². The van der Waals surface area contributed by atoms with Gasteiger partial charge in [0.1, 0.15) is 6.10 Å². The van der Waals surface area contributed by atoms with Gasteiger partial charge in [0.25, 0.3) is 0 Å². The molecular weight excluding hydrogens is 329 g/mol. The van der Waals surface area contributed by atoms with Gasteiger partial charge >= 0.3 is 6.09 Å². The molecule has 0 saturated carbocycles. The van der Waals surface area contributed by atoms with Gasteiger partial charge in [0.2, 0.25) is 0 Å². The first-order chi connectivity index (χ1) is 7.16. The van der Waals surface area contributed by atoms with Gasteiger partial charge in [-0.2, -0.15) is 0 Å². The maximum Gasteiger partial charge on any atom is 0.404 e. The minimum Gasteiger partial charge on any atom is -0.465 e. The van der Waals surface area contributed by atoms with Crippen LogP contribution in [-0.2, 0) is 11.2 Å². The molecule has 1 atom stereocenters. The van der Waals surface area contributed by atoms with E-state index >= 15 is 0 Å². The molecule has 2 rings (SSSR count). The highest BCUT2D eigenvalue weighted by Crippen LogP contribution is 2.33. The normalized spacial score (nSPS) is 19.7. The highest BCUT2D eigenvalue weighted by molar-refractivity contribution is 14.1. The molecule has 4 nitrogen and oxygen atoms in total. The fourth-order valence-electron chi connectivity index (χ4n) is 1.61. The minimum atomic E-state index is -1.00. The number of amides is 1. The van der Waals surface area contributed by atoms with E-state index in [0.29, 0.717) is 13.2 Å². The van der Waals surface area contributed by atoms with Crippen molar-refractivity contribution < 1.29 is 14.6 Å². The third-order valence-electron chi connectivity index (χ3n) is 2.25. The molecule has 0 bridgehead atoms. The Morgan fingerprint density at radius 1 is 1.80 bits per heavy atom. The summed E-state index contributed by atoms with van der Waals surface area (Å²) in [5.41, 5.74) is 1.14. The number of ether oxygens (including phenoxy) is 1. The van der Waals surface area contributed by atoms with E-state index in [1.54, 1.807) is 11.3 Å². The van der Waals surface area contributed by atoms with Crippen molar-refractivity contribution in [3.63, 3.8) is 0 Å². The van der Waals surface area contributed by atoms with Crippen LogP contribution in [0.4, 0.5) is 4.79 Å². The summed E-state index contributed by atoms with van der Waals surface area (Å²) in [5, 5.41) is 10.9. The number of carboxylic acid groups (broad SMARTS) is 1. The first kappa shape index (κ1) is 11.2. The van der Waals surface area contributed by atoms with E-state index in [9.17, 15) is 4.79 Å². The fourth-order valence-corrected chi connectivity index (χ4v) is 3.66. The average molecular weight is 339 g/mol. The molecule has 15 heavy (non-hydrogen) atoms. The number of nitrogens with one attached hydrogen (secondary N) is 1. The molecule has 6 heteroatoms. The van der Waals surface area contributed by atoms with Crippen LogP contribution in [0.5, 0.6) is 0 Å². The fraction of sp³-hybridized carbons (Fsp3) is 0.444. The van der Waals surface area contributed by atoms with E-state index in [-0.39, 0.29) is 6.10 Å². The van der Waals surface area contributed by atoms with Crippen LogP contribution in [0.2, 0.25) is 0 Å². The van der Waals surface area contributed by atoms with Gasteiger partial charge in [-0.3, -0.25) is 0 Å². The van der Waals surface area contributed by atoms with Crippen LogP contribution in [0.3, 0.4) is 0 Å². The standard InChI is InChI=1S/C9H10INO3S/c10-8-3-5-6(4-11-9(12)13)14-2-1-7(5)15-8/h3,6,11H,1-2,4H2,(H,12,13). The van der Waals surface area contributed by atoms with Gasteiger partial charge in [0.15, 0.2) is 0 Å². The van der Waals surface area contributed by atoms with Crippen LogP contribution in [-0.4, -0.2) is 24.4 Å². The first-order valence-electron chi connectivity index (χ1n) is 4.53. The molecule has 1 aromatic heterocycles. The highest BCUT2D eigenvalue weighted by atomic mass is 127. The summed E-state index contributed by atoms with van der Waals surface area (Å²) in [4.78, 5) is 11.7. The van der Waals surface area contributed by atoms with Crippen LogP contribution in [0.1, 0.15) is 16.5 Å². The summed E-state index contributed by atoms with van der Waals surface area (Å²) in [5.74, 6) is 0. The molecule has 1 unspecified atom stereocenters. The number of hydrogen-bond donors (Lipinski definition) is 2. The van der Waals surface area contributed by atoms with E-state index in [1.807, 2.05) is 0 Å². The summed E-state index contributed by atoms with van der Waals surface area (Å²) in [6, 6.07) is 2.08. The van der Waals surface area contributed by atoms with Crippen LogP contribution < -0.4 is 5.32 Å². The molecule has 0 saturated heterocycles. The molecule has 1 aliphatic heterocycles. The van der Waals surface area contributed by atoms with Crippen molar-refractivity contribution in [2.24, 2.45) is 0 Å². The Hall–Kier alpha value is -0.340. The van der Waals surface area contributed by atoms with Gasteiger partial charge in [0, 0.05) is 11.3 Å². The maximum absolute atomic E-state index is 10.4. The van der Waals surface area contributed by atoms with Crippen molar-refractivity contribution in [2.75, 3.05) is 13.2 Å². The predicted octanol–water partition coefficient (Wildman–Crippen LogP) is 2.23. The van der Waals surface area contributed by atoms with Gasteiger partial charge in [-0.1, -0.05) is 0 Å². The van der Waals surface area contributed by atoms with Crippen molar-refractivity contribution in [3.05, 3.63) is 19.4 Å². The van der Waals surface area contributed by atoms with E-state index < -0.39 is 6.09 Å². The molecule has 1 aromatic rings. The molecule has 0 spiro atoms. The Morgan fingerprint density at radius 2 is 2.60 bits per heavy atom. The Bertz CT molecular complexity index is 379. The van der Waals surface area contributed by atoms with Gasteiger partial charge in [0.05, 0.1) is 16.0 Å². The molecule has 0 aromatic carbocycles. The van der Waals surface area contributed by atoms with Crippen molar-refractivity contribution in [3.8, 4) is 0 Å². The second-order valence-electron chi connectivity index (χ2n) is 3.22. The third-order valence-corrected chi connectivity index (χ3v) is 4.22. The van der Waals surface area contributed by atoms with E-state index in [2.05, 4.69) is 34.0 Å². The summed E-state index contributed by atoms with van der Waals surface area (Å²) >= 11 is 4.04. The molecule has 0 aliphatic carbocycles. The summed E-state index contributed by atoms with van der Waals surface area (Å²) in [6.45, 7) is 1.00. The molecular formula is C9H10INO3S. The second kappa shape index (κ2) is 4.67. The van der Waals surface area contributed by atoms with Crippen molar-refractivity contribution in [2.45, 2.75) is 12.5 Å². The highest BCUT2D eigenvalue weighted by Gasteiger charge is 2.23. The number of fused-ring (bicyclic) bond motifs is 1. The first-order valence-corrected chi connectivity index (χ1v) is 6.43. The lowest BCUT2D eigenvalue weighted by atomic mass is 10.1. The lowest BCUT2D eigenvalue weighted by Crippen LogP contribution is -2.30. The number of halogens is 1. The topological polar surface area (TPSA) is 58.6 Å². The molecule has 2 N–H and O–H groups in total. The SMILES string of the molecule is O=C(O)NCC1OCCc2sc(I)cc21. The summed E-state index contributed by atoms with van der Waals surface area (Å²) in [7, 11) is 0. The van der Waals surface area contributed by atoms with E-state index in [1.165, 1.54) is 7.76 Å². The third kappa shape index (κ3) is 2.61. The van der Waals surface area contributed by atoms with Crippen LogP contribution in [0.15, 0.2) is 6.07 Å². The molecule has 0 radical (unpaired) electrons. The maximum atomic E-state index is 10.4. The van der Waals surface area contributed by atoms with Crippen molar-refractivity contribution in [1.82, 2.24) is 5.32 Å². The summed E-state index contributed by atoms with van der Waals surface area (Å²) < 4.78 is 6.77. The van der Waals surface area contributed by atoms with E-state index in [0.717, 1.165) is 12.0 Å². The van der Waals surface area contributed by atoms with Crippen molar-refractivity contribution in [1.29, 1.82) is 0 Å². The molecule has 0 fully saturated rings. The van der Waals surface area contributed by atoms with Gasteiger partial charge < -0.3 is 15.2 Å². The zero-order chi connectivity index (χ0) is 10.8. The second-order valence-corrected chi connectivity index (χ2v) is 6.26. The average Bonchev–Trinajstić information content (AvgIpc) is 2.55. The lowest BCUT2D eigenvalue weighted by Gasteiger charge is -2.22. The number of thiophene rings is 1. The van der Waals surface area contributed by atoms with E-state index in [4.69, 9.17) is 9.84 Å². The Kier molecular flexibility index (Phi) is 3.47. The molecule has 82 valence electrons. The zero-order valence-corrected chi connectivity index (χ0v) is 10.8. The smallest absolute Gasteiger partial charge is 0.404 e. The van der Waals surface area contributed by atoms with Crippen LogP contribution in [0.25, 0.3) is 0 Å². The summed E-state index contributed by atoms with van der Waals surface area (Å²) in [6.07, 6.45) is -0.188. The Balaban J connectivity index is 2.11. The molecule has 1 aliphatic rings. The number of hydrogen-bond acceptors (Lipinski definition) is 3. The minimum absolute atomic E-state index is 0.121. The molecule has 2 heterocycles.